The van der Waals surface area contributed by atoms with Crippen LogP contribution in [-0.2, 0) is 9.53 Å². The van der Waals surface area contributed by atoms with Gasteiger partial charge in [-0.1, -0.05) is 12.1 Å². The van der Waals surface area contributed by atoms with Crippen LogP contribution in [0.25, 0.3) is 0 Å². The predicted molar refractivity (Wildman–Crippen MR) is 68.7 cm³/mol. The van der Waals surface area contributed by atoms with Crippen LogP contribution >= 0.6 is 12.4 Å². The molecule has 0 aliphatic heterocycles. The van der Waals surface area contributed by atoms with Crippen LogP contribution in [0.3, 0.4) is 0 Å². The number of nitrogens with two attached hydrogens (primary N) is 1. The molecule has 2 atom stereocenters. The summed E-state index contributed by atoms with van der Waals surface area (Å²) in [5.41, 5.74) is 5.67. The normalized spacial score (nSPS) is 13.1. The molecule has 0 aliphatic rings. The van der Waals surface area contributed by atoms with Gasteiger partial charge in [0, 0.05) is 5.56 Å². The lowest BCUT2D eigenvalue weighted by molar-refractivity contribution is -0.149. The van der Waals surface area contributed by atoms with Gasteiger partial charge in [0.15, 0.2) is 11.6 Å². The Balaban J connectivity index is 0.00000324. The molecule has 0 heterocycles. The van der Waals surface area contributed by atoms with Gasteiger partial charge in [0.1, 0.15) is 0 Å². The minimum atomic E-state index is -2.07. The van der Waals surface area contributed by atoms with E-state index in [1.54, 1.807) is 6.92 Å². The highest BCUT2D eigenvalue weighted by molar-refractivity contribution is 5.85. The first-order valence-electron chi connectivity index (χ1n) is 5.41. The Hall–Kier alpha value is -1.40. The monoisotopic (exact) mass is 295 g/mol. The van der Waals surface area contributed by atoms with Crippen molar-refractivity contribution in [3.05, 3.63) is 29.6 Å². The minimum Gasteiger partial charge on any atom is -0.493 e. The summed E-state index contributed by atoms with van der Waals surface area (Å²) in [6, 6.07) is 2.59. The number of carbonyl (C=O) groups excluding carboxylic acids is 1. The van der Waals surface area contributed by atoms with Crippen LogP contribution in [-0.4, -0.2) is 25.9 Å². The number of esters is 1. The van der Waals surface area contributed by atoms with Gasteiger partial charge >= 0.3 is 5.97 Å². The number of carbonyl (C=O) groups is 1. The Morgan fingerprint density at radius 1 is 1.47 bits per heavy atom. The molecule has 2 N–H and O–H groups in total. The van der Waals surface area contributed by atoms with Gasteiger partial charge in [-0.2, -0.15) is 0 Å². The lowest BCUT2D eigenvalue weighted by Crippen LogP contribution is -2.31. The van der Waals surface area contributed by atoms with Crippen molar-refractivity contribution >= 4 is 18.4 Å². The molecule has 0 spiro atoms. The van der Waals surface area contributed by atoms with E-state index in [1.807, 2.05) is 0 Å². The third-order valence-corrected chi connectivity index (χ3v) is 2.39. The zero-order valence-electron chi connectivity index (χ0n) is 10.6. The number of alkyl halides is 1. The maximum atomic E-state index is 13.7. The maximum Gasteiger partial charge on any atom is 0.342 e. The summed E-state index contributed by atoms with van der Waals surface area (Å²) < 4.78 is 36.5. The SMILES string of the molecule is CCOC(=O)C(F)[C@@H](N)c1cccc(F)c1OC.Cl. The second-order valence-corrected chi connectivity index (χ2v) is 3.54. The van der Waals surface area contributed by atoms with Gasteiger partial charge in [-0.25, -0.2) is 13.6 Å². The topological polar surface area (TPSA) is 61.5 Å². The van der Waals surface area contributed by atoms with E-state index in [1.165, 1.54) is 19.2 Å². The maximum absolute atomic E-state index is 13.7. The first-order valence-corrected chi connectivity index (χ1v) is 5.41. The van der Waals surface area contributed by atoms with E-state index in [9.17, 15) is 13.6 Å². The summed E-state index contributed by atoms with van der Waals surface area (Å²) in [6.45, 7) is 1.60. The van der Waals surface area contributed by atoms with Crippen LogP contribution in [0.1, 0.15) is 18.5 Å². The molecule has 0 fully saturated rings. The summed E-state index contributed by atoms with van der Waals surface area (Å²) >= 11 is 0. The number of hydrogen-bond acceptors (Lipinski definition) is 4. The molecule has 0 aliphatic carbocycles. The first kappa shape index (κ1) is 17.6. The van der Waals surface area contributed by atoms with Crippen LogP contribution in [0.2, 0.25) is 0 Å². The fraction of sp³-hybridized carbons (Fsp3) is 0.417. The predicted octanol–water partition coefficient (Wildman–Crippen LogP) is 2.16. The van der Waals surface area contributed by atoms with Crippen molar-refractivity contribution < 1.29 is 23.0 Å². The van der Waals surface area contributed by atoms with E-state index in [0.29, 0.717) is 0 Å². The van der Waals surface area contributed by atoms with Gasteiger partial charge in [0.2, 0.25) is 6.17 Å². The number of ether oxygens (including phenoxy) is 2. The molecule has 0 saturated heterocycles. The number of rotatable bonds is 5. The number of methoxy groups -OCH3 is 1. The highest BCUT2D eigenvalue weighted by atomic mass is 35.5. The fourth-order valence-corrected chi connectivity index (χ4v) is 1.53. The van der Waals surface area contributed by atoms with Gasteiger partial charge in [-0.05, 0) is 13.0 Å². The standard InChI is InChI=1S/C12H15F2NO3.ClH/c1-3-18-12(16)9(14)10(15)7-5-4-6-8(13)11(7)17-2;/h4-6,9-10H,3,15H2,1-2H3;1H/t9?,10-;/m0./s1. The molecule has 1 unspecified atom stereocenters. The Kier molecular flexibility index (Phi) is 7.33. The summed E-state index contributed by atoms with van der Waals surface area (Å²) in [6.07, 6.45) is -2.07. The van der Waals surface area contributed by atoms with Gasteiger partial charge in [0.25, 0.3) is 0 Å². The van der Waals surface area contributed by atoms with E-state index in [-0.39, 0.29) is 30.3 Å². The Labute approximate surface area is 116 Å². The molecule has 0 amide bonds. The van der Waals surface area contributed by atoms with E-state index < -0.39 is 24.0 Å². The van der Waals surface area contributed by atoms with E-state index in [2.05, 4.69) is 4.74 Å². The van der Waals surface area contributed by atoms with E-state index in [0.717, 1.165) is 6.07 Å². The second-order valence-electron chi connectivity index (χ2n) is 3.54. The molecule has 108 valence electrons. The smallest absolute Gasteiger partial charge is 0.342 e. The van der Waals surface area contributed by atoms with Crippen LogP contribution in [0.4, 0.5) is 8.78 Å². The summed E-state index contributed by atoms with van der Waals surface area (Å²) in [5.74, 6) is -1.91. The summed E-state index contributed by atoms with van der Waals surface area (Å²) in [4.78, 5) is 11.2. The number of hydrogen-bond donors (Lipinski definition) is 1. The van der Waals surface area contributed by atoms with Gasteiger partial charge in [-0.3, -0.25) is 0 Å². The molecule has 0 bridgehead atoms. The van der Waals surface area contributed by atoms with Crippen LogP contribution in [0.15, 0.2) is 18.2 Å². The van der Waals surface area contributed by atoms with Crippen molar-refractivity contribution in [3.8, 4) is 5.75 Å². The Morgan fingerprint density at radius 3 is 2.63 bits per heavy atom. The van der Waals surface area contributed by atoms with Crippen molar-refractivity contribution in [1.29, 1.82) is 0 Å². The minimum absolute atomic E-state index is 0. The highest BCUT2D eigenvalue weighted by Gasteiger charge is 2.30. The molecule has 1 rings (SSSR count). The Morgan fingerprint density at radius 2 is 2.11 bits per heavy atom. The van der Waals surface area contributed by atoms with E-state index >= 15 is 0 Å². The molecular weight excluding hydrogens is 280 g/mol. The quantitative estimate of drug-likeness (QED) is 0.846. The lowest BCUT2D eigenvalue weighted by atomic mass is 10.0. The third-order valence-electron chi connectivity index (χ3n) is 2.39. The number of benzene rings is 1. The average molecular weight is 296 g/mol. The molecule has 19 heavy (non-hydrogen) atoms. The van der Waals surface area contributed by atoms with Gasteiger partial charge < -0.3 is 15.2 Å². The first-order chi connectivity index (χ1) is 8.52. The molecule has 0 saturated carbocycles. The molecule has 1 aromatic carbocycles. The molecule has 0 radical (unpaired) electrons. The molecule has 0 aromatic heterocycles. The molecule has 4 nitrogen and oxygen atoms in total. The molecule has 7 heteroatoms. The third kappa shape index (κ3) is 4.04. The zero-order chi connectivity index (χ0) is 13.7. The highest BCUT2D eigenvalue weighted by Crippen LogP contribution is 2.29. The second kappa shape index (κ2) is 7.91. The largest absolute Gasteiger partial charge is 0.493 e. The van der Waals surface area contributed by atoms with Crippen molar-refractivity contribution in [1.82, 2.24) is 0 Å². The van der Waals surface area contributed by atoms with Crippen molar-refractivity contribution in [2.24, 2.45) is 5.73 Å². The molecular formula is C12H16ClF2NO3. The van der Waals surface area contributed by atoms with Crippen LogP contribution in [0, 0.1) is 5.82 Å². The number of halogens is 3. The fourth-order valence-electron chi connectivity index (χ4n) is 1.53. The summed E-state index contributed by atoms with van der Waals surface area (Å²) in [5, 5.41) is 0. The number of para-hydroxylation sites is 1. The zero-order valence-corrected chi connectivity index (χ0v) is 11.4. The van der Waals surface area contributed by atoms with Gasteiger partial charge in [-0.15, -0.1) is 12.4 Å². The Bertz CT molecular complexity index is 431. The van der Waals surface area contributed by atoms with Gasteiger partial charge in [0.05, 0.1) is 19.8 Å². The van der Waals surface area contributed by atoms with Crippen LogP contribution in [0.5, 0.6) is 5.75 Å². The summed E-state index contributed by atoms with van der Waals surface area (Å²) in [7, 11) is 1.24. The lowest BCUT2D eigenvalue weighted by Gasteiger charge is -2.18. The van der Waals surface area contributed by atoms with Crippen LogP contribution < -0.4 is 10.5 Å². The average Bonchev–Trinajstić information content (AvgIpc) is 2.37. The van der Waals surface area contributed by atoms with Crippen molar-refractivity contribution in [2.45, 2.75) is 19.1 Å². The molecule has 1 aromatic rings. The van der Waals surface area contributed by atoms with Crippen molar-refractivity contribution in [3.63, 3.8) is 0 Å². The van der Waals surface area contributed by atoms with Crippen molar-refractivity contribution in [2.75, 3.05) is 13.7 Å². The van der Waals surface area contributed by atoms with E-state index in [4.69, 9.17) is 10.5 Å².